The summed E-state index contributed by atoms with van der Waals surface area (Å²) in [6.07, 6.45) is 5.21. The van der Waals surface area contributed by atoms with Crippen molar-refractivity contribution in [3.63, 3.8) is 0 Å². The maximum atomic E-state index is 8.56. The predicted molar refractivity (Wildman–Crippen MR) is 50.2 cm³/mol. The van der Waals surface area contributed by atoms with Crippen molar-refractivity contribution in [3.05, 3.63) is 6.92 Å². The maximum Gasteiger partial charge on any atom is 1.00 e. The summed E-state index contributed by atoms with van der Waals surface area (Å²) < 4.78 is 24.1. The fourth-order valence-electron chi connectivity index (χ4n) is 0.697. The third-order valence-corrected chi connectivity index (χ3v) is 1.54. The molecule has 76 valence electrons. The first-order chi connectivity index (χ1) is 5.54. The molecule has 0 aliphatic heterocycles. The van der Waals surface area contributed by atoms with Crippen molar-refractivity contribution in [3.8, 4) is 0 Å². The zero-order chi connectivity index (χ0) is 9.98. The molecule has 1 N–H and O–H groups in total. The van der Waals surface area contributed by atoms with Gasteiger partial charge in [-0.2, -0.15) is 5.92 Å². The molecule has 3 nitrogen and oxygen atoms in total. The van der Waals surface area contributed by atoms with E-state index in [1.54, 1.807) is 0 Å². The Morgan fingerprint density at radius 2 is 1.92 bits per heavy atom. The Labute approximate surface area is 106 Å². The zero-order valence-electron chi connectivity index (χ0n) is 8.78. The van der Waals surface area contributed by atoms with Crippen molar-refractivity contribution in [2.24, 2.45) is 5.92 Å². The maximum absolute atomic E-state index is 8.56. The molecule has 0 aliphatic carbocycles. The van der Waals surface area contributed by atoms with E-state index in [9.17, 15) is 0 Å². The van der Waals surface area contributed by atoms with E-state index in [4.69, 9.17) is 13.3 Å². The number of hydrogen-bond acceptors (Lipinski definition) is 2. The van der Waals surface area contributed by atoms with Crippen LogP contribution in [-0.2, 0) is 11.4 Å². The molecular formula is C8H18NaO3S-. The monoisotopic (exact) mass is 217 g/mol. The van der Waals surface area contributed by atoms with Crippen LogP contribution in [0.5, 0.6) is 0 Å². The molecule has 5 heteroatoms. The van der Waals surface area contributed by atoms with Crippen molar-refractivity contribution < 1.29 is 42.9 Å². The molecule has 0 aromatic heterocycles. The van der Waals surface area contributed by atoms with Crippen molar-refractivity contribution >= 4 is 11.4 Å². The summed E-state index contributed by atoms with van der Waals surface area (Å²) in [6.45, 7) is 8.42. The Morgan fingerprint density at radius 1 is 1.54 bits per heavy atom. The van der Waals surface area contributed by atoms with E-state index in [-0.39, 0.29) is 29.6 Å². The van der Waals surface area contributed by atoms with E-state index in [1.165, 1.54) is 25.7 Å². The normalized spacial score (nSPS) is 13.3. The summed E-state index contributed by atoms with van der Waals surface area (Å²) >= 11 is -2.86. The minimum Gasteiger partial charge on any atom is -0.750 e. The topological polar surface area (TPSA) is 60.4 Å². The molecule has 2 atom stereocenters. The Kier molecular flexibility index (Phi) is 23.4. The summed E-state index contributed by atoms with van der Waals surface area (Å²) in [7, 11) is 0. The van der Waals surface area contributed by atoms with E-state index in [2.05, 4.69) is 20.8 Å². The minimum atomic E-state index is -2.86. The van der Waals surface area contributed by atoms with Crippen LogP contribution in [0.25, 0.3) is 0 Å². The molecule has 0 aromatic carbocycles. The summed E-state index contributed by atoms with van der Waals surface area (Å²) in [5, 5.41) is 0. The molecule has 0 bridgehead atoms. The van der Waals surface area contributed by atoms with Gasteiger partial charge in [0, 0.05) is 0 Å². The van der Waals surface area contributed by atoms with Crippen LogP contribution in [0.3, 0.4) is 0 Å². The van der Waals surface area contributed by atoms with Crippen LogP contribution in [0, 0.1) is 12.8 Å². The Hall–Kier alpha value is 1.07. The van der Waals surface area contributed by atoms with E-state index in [0.717, 1.165) is 0 Å². The first kappa shape index (κ1) is 19.6. The first-order valence-corrected chi connectivity index (χ1v) is 5.19. The van der Waals surface area contributed by atoms with Gasteiger partial charge in [0.25, 0.3) is 0 Å². The van der Waals surface area contributed by atoms with Crippen LogP contribution >= 0.6 is 0 Å². The van der Waals surface area contributed by atoms with Crippen molar-refractivity contribution in [2.75, 3.05) is 0 Å². The fourth-order valence-corrected chi connectivity index (χ4v) is 0.697. The van der Waals surface area contributed by atoms with Gasteiger partial charge >= 0.3 is 29.6 Å². The number of unbranched alkanes of at least 4 members (excludes halogenated alkanes) is 1. The van der Waals surface area contributed by atoms with Gasteiger partial charge in [-0.25, -0.2) is 4.21 Å². The Morgan fingerprint density at radius 3 is 2.15 bits per heavy atom. The third kappa shape index (κ3) is 32.0. The van der Waals surface area contributed by atoms with Gasteiger partial charge in [0.2, 0.25) is 0 Å². The molecule has 2 unspecified atom stereocenters. The minimum absolute atomic E-state index is 0. The Bertz CT molecular complexity index is 108. The molecule has 0 fully saturated rings. The van der Waals surface area contributed by atoms with Crippen LogP contribution in [0.15, 0.2) is 0 Å². The largest absolute Gasteiger partial charge is 1.00 e. The predicted octanol–water partition coefficient (Wildman–Crippen LogP) is -0.621. The molecule has 0 rings (SSSR count). The van der Waals surface area contributed by atoms with Gasteiger partial charge in [0.15, 0.2) is 0 Å². The van der Waals surface area contributed by atoms with Gasteiger partial charge < -0.3 is 16.0 Å². The van der Waals surface area contributed by atoms with E-state index in [0.29, 0.717) is 5.92 Å². The van der Waals surface area contributed by atoms with Crippen molar-refractivity contribution in [1.29, 1.82) is 0 Å². The van der Waals surface area contributed by atoms with Crippen LogP contribution in [-0.4, -0.2) is 13.3 Å². The third-order valence-electron chi connectivity index (χ3n) is 1.54. The average molecular weight is 217 g/mol. The zero-order valence-corrected chi connectivity index (χ0v) is 11.6. The molecule has 0 amide bonds. The average Bonchev–Trinajstić information content (AvgIpc) is 1.99. The van der Waals surface area contributed by atoms with Gasteiger partial charge in [-0.15, -0.1) is 0 Å². The quantitative estimate of drug-likeness (QED) is 0.388. The molecule has 0 heterocycles. The summed E-state index contributed by atoms with van der Waals surface area (Å²) in [5.41, 5.74) is 0. The van der Waals surface area contributed by atoms with E-state index >= 15 is 0 Å². The molecule has 0 saturated carbocycles. The van der Waals surface area contributed by atoms with E-state index in [1.807, 2.05) is 0 Å². The van der Waals surface area contributed by atoms with Gasteiger partial charge in [0.05, 0.1) is 11.4 Å². The second-order valence-electron chi connectivity index (χ2n) is 2.63. The van der Waals surface area contributed by atoms with Crippen LogP contribution in [0.1, 0.15) is 39.5 Å². The molecule has 0 spiro atoms. The second kappa shape index (κ2) is 15.5. The van der Waals surface area contributed by atoms with Gasteiger partial charge in [-0.05, 0) is 0 Å². The summed E-state index contributed by atoms with van der Waals surface area (Å²) in [6, 6.07) is 0. The molecule has 0 saturated heterocycles. The van der Waals surface area contributed by atoms with E-state index < -0.39 is 11.4 Å². The molecule has 13 heavy (non-hydrogen) atoms. The van der Waals surface area contributed by atoms with Crippen LogP contribution < -0.4 is 29.6 Å². The van der Waals surface area contributed by atoms with Gasteiger partial charge in [-0.3, -0.25) is 0 Å². The first-order valence-electron chi connectivity index (χ1n) is 4.15. The molecular weight excluding hydrogens is 199 g/mol. The smallest absolute Gasteiger partial charge is 0.750 e. The summed E-state index contributed by atoms with van der Waals surface area (Å²) in [4.78, 5) is 0. The van der Waals surface area contributed by atoms with Gasteiger partial charge in [0.1, 0.15) is 0 Å². The SMILES string of the molecule is O=S([O-])O.[CH2-]C(CC)CCCC.[Na+]. The summed E-state index contributed by atoms with van der Waals surface area (Å²) in [5.74, 6) is 0.704. The van der Waals surface area contributed by atoms with Crippen molar-refractivity contribution in [2.45, 2.75) is 39.5 Å². The number of hydrogen-bond donors (Lipinski definition) is 1. The fraction of sp³-hybridized carbons (Fsp3) is 0.875. The van der Waals surface area contributed by atoms with Crippen LogP contribution in [0.4, 0.5) is 0 Å². The number of rotatable bonds is 4. The standard InChI is InChI=1S/C8H17.Na.H2O3S/c1-4-6-7-8(3)5-2;;1-4(2)3/h8H,3-7H2,1-2H3;;(H2,1,2,3)/q-1;+1;/p-1. The molecule has 0 radical (unpaired) electrons. The molecule has 0 aliphatic rings. The second-order valence-corrected chi connectivity index (χ2v) is 3.07. The van der Waals surface area contributed by atoms with Crippen molar-refractivity contribution in [1.82, 2.24) is 0 Å². The molecule has 0 aromatic rings. The Balaban J connectivity index is -0.000000173. The van der Waals surface area contributed by atoms with Crippen LogP contribution in [0.2, 0.25) is 0 Å². The van der Waals surface area contributed by atoms with Gasteiger partial charge in [-0.1, -0.05) is 39.5 Å².